The van der Waals surface area contributed by atoms with E-state index in [2.05, 4.69) is 37.9 Å². The van der Waals surface area contributed by atoms with Gasteiger partial charge in [0.15, 0.2) is 0 Å². The summed E-state index contributed by atoms with van der Waals surface area (Å²) in [5.74, 6) is 0. The molecular formula is C10H22N2O. The smallest absolute Gasteiger partial charge is 0.0599 e. The van der Waals surface area contributed by atoms with Crippen molar-refractivity contribution in [1.29, 1.82) is 0 Å². The molecule has 3 heteroatoms. The third kappa shape index (κ3) is 2.22. The van der Waals surface area contributed by atoms with Crippen LogP contribution in [0.3, 0.4) is 0 Å². The Hall–Kier alpha value is -0.120. The van der Waals surface area contributed by atoms with Crippen LogP contribution < -0.4 is 5.32 Å². The molecule has 1 saturated heterocycles. The molecule has 0 spiro atoms. The maximum atomic E-state index is 9.26. The third-order valence-corrected chi connectivity index (χ3v) is 2.80. The fourth-order valence-electron chi connectivity index (χ4n) is 2.50. The van der Waals surface area contributed by atoms with Crippen molar-refractivity contribution in [2.75, 3.05) is 19.7 Å². The van der Waals surface area contributed by atoms with Crippen molar-refractivity contribution in [3.05, 3.63) is 0 Å². The molecule has 3 nitrogen and oxygen atoms in total. The summed E-state index contributed by atoms with van der Waals surface area (Å²) in [4.78, 5) is 2.41. The van der Waals surface area contributed by atoms with E-state index >= 15 is 0 Å². The molecule has 0 aromatic rings. The van der Waals surface area contributed by atoms with Gasteiger partial charge in [0, 0.05) is 30.7 Å². The lowest BCUT2D eigenvalue weighted by Crippen LogP contribution is -2.65. The number of hydrogen-bond acceptors (Lipinski definition) is 3. The lowest BCUT2D eigenvalue weighted by atomic mass is 9.94. The van der Waals surface area contributed by atoms with E-state index in [0.717, 1.165) is 13.1 Å². The predicted octanol–water partition coefficient (Wildman–Crippen LogP) is 0.439. The van der Waals surface area contributed by atoms with Crippen LogP contribution in [0.4, 0.5) is 0 Å². The summed E-state index contributed by atoms with van der Waals surface area (Å²) in [6.07, 6.45) is 0. The van der Waals surface area contributed by atoms with Gasteiger partial charge >= 0.3 is 0 Å². The first-order valence-electron chi connectivity index (χ1n) is 5.09. The van der Waals surface area contributed by atoms with Crippen LogP contribution in [0.2, 0.25) is 0 Å². The summed E-state index contributed by atoms with van der Waals surface area (Å²) >= 11 is 0. The molecule has 0 aromatic carbocycles. The molecule has 1 rings (SSSR count). The number of rotatable bonds is 2. The van der Waals surface area contributed by atoms with Crippen LogP contribution in [-0.4, -0.2) is 47.3 Å². The molecular weight excluding hydrogens is 164 g/mol. The van der Waals surface area contributed by atoms with E-state index in [4.69, 9.17) is 0 Å². The SMILES string of the molecule is CC(C)N1C(CO)CNCC1(C)C. The molecule has 1 heterocycles. The zero-order valence-corrected chi connectivity index (χ0v) is 9.17. The van der Waals surface area contributed by atoms with Gasteiger partial charge in [-0.15, -0.1) is 0 Å². The lowest BCUT2D eigenvalue weighted by molar-refractivity contribution is -0.0143. The quantitative estimate of drug-likeness (QED) is 0.657. The predicted molar refractivity (Wildman–Crippen MR) is 54.8 cm³/mol. The van der Waals surface area contributed by atoms with Gasteiger partial charge in [0.25, 0.3) is 0 Å². The fourth-order valence-corrected chi connectivity index (χ4v) is 2.50. The minimum atomic E-state index is 0.153. The molecule has 0 bridgehead atoms. The normalized spacial score (nSPS) is 29.5. The number of nitrogens with one attached hydrogen (secondary N) is 1. The average Bonchev–Trinajstić information content (AvgIpc) is 2.01. The van der Waals surface area contributed by atoms with Crippen LogP contribution in [0.15, 0.2) is 0 Å². The molecule has 1 aliphatic heterocycles. The Morgan fingerprint density at radius 2 is 2.15 bits per heavy atom. The molecule has 1 aliphatic rings. The van der Waals surface area contributed by atoms with Gasteiger partial charge in [0.1, 0.15) is 0 Å². The third-order valence-electron chi connectivity index (χ3n) is 2.80. The highest BCUT2D eigenvalue weighted by atomic mass is 16.3. The molecule has 0 saturated carbocycles. The monoisotopic (exact) mass is 186 g/mol. The molecule has 0 aliphatic carbocycles. The molecule has 1 fully saturated rings. The van der Waals surface area contributed by atoms with Crippen molar-refractivity contribution in [2.45, 2.75) is 45.3 Å². The van der Waals surface area contributed by atoms with Gasteiger partial charge in [-0.05, 0) is 27.7 Å². The zero-order chi connectivity index (χ0) is 10.1. The molecule has 1 unspecified atom stereocenters. The molecule has 0 amide bonds. The summed E-state index contributed by atoms with van der Waals surface area (Å²) in [6.45, 7) is 11.0. The van der Waals surface area contributed by atoms with E-state index in [1.807, 2.05) is 0 Å². The van der Waals surface area contributed by atoms with E-state index in [0.29, 0.717) is 6.04 Å². The van der Waals surface area contributed by atoms with Gasteiger partial charge < -0.3 is 10.4 Å². The van der Waals surface area contributed by atoms with Gasteiger partial charge in [-0.3, -0.25) is 4.90 Å². The van der Waals surface area contributed by atoms with Crippen molar-refractivity contribution in [3.8, 4) is 0 Å². The molecule has 0 aromatic heterocycles. The van der Waals surface area contributed by atoms with E-state index < -0.39 is 0 Å². The Morgan fingerprint density at radius 1 is 1.54 bits per heavy atom. The number of nitrogens with zero attached hydrogens (tertiary/aromatic N) is 1. The lowest BCUT2D eigenvalue weighted by Gasteiger charge is -2.50. The van der Waals surface area contributed by atoms with Gasteiger partial charge in [0.05, 0.1) is 6.61 Å². The summed E-state index contributed by atoms with van der Waals surface area (Å²) in [5, 5.41) is 12.6. The highest BCUT2D eigenvalue weighted by molar-refractivity contribution is 4.95. The first kappa shape index (κ1) is 11.0. The van der Waals surface area contributed by atoms with Gasteiger partial charge in [-0.1, -0.05) is 0 Å². The second-order valence-electron chi connectivity index (χ2n) is 4.78. The number of hydrogen-bond donors (Lipinski definition) is 2. The highest BCUT2D eigenvalue weighted by Crippen LogP contribution is 2.23. The molecule has 1 atom stereocenters. The van der Waals surface area contributed by atoms with Gasteiger partial charge in [0.2, 0.25) is 0 Å². The van der Waals surface area contributed by atoms with E-state index in [1.54, 1.807) is 0 Å². The summed E-state index contributed by atoms with van der Waals surface area (Å²) < 4.78 is 0. The Morgan fingerprint density at radius 3 is 2.54 bits per heavy atom. The van der Waals surface area contributed by atoms with Crippen LogP contribution in [0.25, 0.3) is 0 Å². The molecule has 13 heavy (non-hydrogen) atoms. The minimum absolute atomic E-state index is 0.153. The molecule has 2 N–H and O–H groups in total. The average molecular weight is 186 g/mol. The summed E-state index contributed by atoms with van der Waals surface area (Å²) in [7, 11) is 0. The largest absolute Gasteiger partial charge is 0.395 e. The van der Waals surface area contributed by atoms with Crippen LogP contribution in [0.1, 0.15) is 27.7 Å². The summed E-state index contributed by atoms with van der Waals surface area (Å²) in [6, 6.07) is 0.762. The number of piperazine rings is 1. The first-order chi connectivity index (χ1) is 5.99. The Kier molecular flexibility index (Phi) is 3.33. The Bertz CT molecular complexity index is 168. The highest BCUT2D eigenvalue weighted by Gasteiger charge is 2.37. The van der Waals surface area contributed by atoms with Crippen molar-refractivity contribution >= 4 is 0 Å². The Balaban J connectivity index is 2.77. The zero-order valence-electron chi connectivity index (χ0n) is 9.17. The van der Waals surface area contributed by atoms with Gasteiger partial charge in [-0.25, -0.2) is 0 Å². The van der Waals surface area contributed by atoms with Crippen molar-refractivity contribution < 1.29 is 5.11 Å². The van der Waals surface area contributed by atoms with Crippen molar-refractivity contribution in [3.63, 3.8) is 0 Å². The van der Waals surface area contributed by atoms with Crippen molar-refractivity contribution in [1.82, 2.24) is 10.2 Å². The second-order valence-corrected chi connectivity index (χ2v) is 4.78. The van der Waals surface area contributed by atoms with Gasteiger partial charge in [-0.2, -0.15) is 0 Å². The maximum absolute atomic E-state index is 9.26. The van der Waals surface area contributed by atoms with Crippen molar-refractivity contribution in [2.24, 2.45) is 0 Å². The first-order valence-corrected chi connectivity index (χ1v) is 5.09. The number of aliphatic hydroxyl groups excluding tert-OH is 1. The van der Waals surface area contributed by atoms with Crippen LogP contribution in [-0.2, 0) is 0 Å². The van der Waals surface area contributed by atoms with E-state index in [1.165, 1.54) is 0 Å². The van der Waals surface area contributed by atoms with Crippen LogP contribution in [0, 0.1) is 0 Å². The minimum Gasteiger partial charge on any atom is -0.395 e. The second kappa shape index (κ2) is 3.95. The molecule has 0 radical (unpaired) electrons. The Labute approximate surface area is 81.1 Å². The topological polar surface area (TPSA) is 35.5 Å². The molecule has 78 valence electrons. The van der Waals surface area contributed by atoms with Crippen LogP contribution in [0.5, 0.6) is 0 Å². The fraction of sp³-hybridized carbons (Fsp3) is 1.00. The van der Waals surface area contributed by atoms with E-state index in [9.17, 15) is 5.11 Å². The summed E-state index contributed by atoms with van der Waals surface area (Å²) in [5.41, 5.74) is 0.153. The maximum Gasteiger partial charge on any atom is 0.0599 e. The van der Waals surface area contributed by atoms with Crippen LogP contribution >= 0.6 is 0 Å². The van der Waals surface area contributed by atoms with E-state index in [-0.39, 0.29) is 18.2 Å². The standard InChI is InChI=1S/C10H22N2O/c1-8(2)12-9(6-13)5-11-7-10(12,3)4/h8-9,11,13H,5-7H2,1-4H3. The number of aliphatic hydroxyl groups is 1.